The maximum absolute atomic E-state index is 12.8. The number of aryl methyl sites for hydroxylation is 1. The molecule has 1 N–H and O–H groups in total. The van der Waals surface area contributed by atoms with Gasteiger partial charge in [0.1, 0.15) is 6.04 Å². The molecule has 1 heterocycles. The van der Waals surface area contributed by atoms with Gasteiger partial charge in [-0.1, -0.05) is 48.5 Å². The van der Waals surface area contributed by atoms with Crippen molar-refractivity contribution in [1.29, 1.82) is 0 Å². The molecular weight excluding hydrogens is 348 g/mol. The molecule has 26 heavy (non-hydrogen) atoms. The van der Waals surface area contributed by atoms with Crippen molar-refractivity contribution >= 4 is 15.9 Å². The zero-order valence-electron chi connectivity index (χ0n) is 15.1. The molecule has 0 fully saturated rings. The van der Waals surface area contributed by atoms with Crippen molar-refractivity contribution in [3.8, 4) is 0 Å². The quantitative estimate of drug-likeness (QED) is 0.876. The SMILES string of the molecule is CCS(=O)(=O)N1Cc2ccccc2CC1C(=O)NCc1ccccc1C. The fourth-order valence-corrected chi connectivity index (χ4v) is 4.51. The first-order chi connectivity index (χ1) is 12.4. The summed E-state index contributed by atoms with van der Waals surface area (Å²) in [4.78, 5) is 12.8. The van der Waals surface area contributed by atoms with E-state index in [0.29, 0.717) is 13.0 Å². The minimum atomic E-state index is -3.48. The van der Waals surface area contributed by atoms with Gasteiger partial charge in [0.2, 0.25) is 15.9 Å². The van der Waals surface area contributed by atoms with Gasteiger partial charge >= 0.3 is 0 Å². The van der Waals surface area contributed by atoms with E-state index in [0.717, 1.165) is 22.3 Å². The Morgan fingerprint density at radius 1 is 1.12 bits per heavy atom. The van der Waals surface area contributed by atoms with Gasteiger partial charge in [-0.25, -0.2) is 8.42 Å². The summed E-state index contributed by atoms with van der Waals surface area (Å²) < 4.78 is 26.5. The van der Waals surface area contributed by atoms with Crippen LogP contribution in [0.3, 0.4) is 0 Å². The van der Waals surface area contributed by atoms with E-state index in [1.807, 2.05) is 55.5 Å². The van der Waals surface area contributed by atoms with Gasteiger partial charge in [-0.2, -0.15) is 4.31 Å². The molecule has 1 aliphatic heterocycles. The van der Waals surface area contributed by atoms with Crippen LogP contribution in [0.15, 0.2) is 48.5 Å². The van der Waals surface area contributed by atoms with Crippen LogP contribution < -0.4 is 5.32 Å². The molecule has 0 aliphatic carbocycles. The molecule has 3 rings (SSSR count). The molecule has 1 amide bonds. The number of fused-ring (bicyclic) bond motifs is 1. The predicted octanol–water partition coefficient (Wildman–Crippen LogP) is 2.39. The zero-order chi connectivity index (χ0) is 18.7. The van der Waals surface area contributed by atoms with Crippen LogP contribution in [0.25, 0.3) is 0 Å². The summed E-state index contributed by atoms with van der Waals surface area (Å²) in [5.74, 6) is -0.267. The number of nitrogens with zero attached hydrogens (tertiary/aromatic N) is 1. The average Bonchev–Trinajstić information content (AvgIpc) is 2.66. The highest BCUT2D eigenvalue weighted by Crippen LogP contribution is 2.26. The largest absolute Gasteiger partial charge is 0.351 e. The molecule has 6 heteroatoms. The highest BCUT2D eigenvalue weighted by molar-refractivity contribution is 7.89. The molecule has 0 aromatic heterocycles. The molecule has 1 unspecified atom stereocenters. The van der Waals surface area contributed by atoms with Gasteiger partial charge in [0.05, 0.1) is 5.75 Å². The predicted molar refractivity (Wildman–Crippen MR) is 102 cm³/mol. The third kappa shape index (κ3) is 3.81. The van der Waals surface area contributed by atoms with E-state index in [-0.39, 0.29) is 18.2 Å². The number of rotatable bonds is 5. The summed E-state index contributed by atoms with van der Waals surface area (Å²) in [7, 11) is -3.48. The first-order valence-corrected chi connectivity index (χ1v) is 10.4. The molecule has 2 aromatic carbocycles. The number of nitrogens with one attached hydrogen (secondary N) is 1. The fraction of sp³-hybridized carbons (Fsp3) is 0.350. The number of sulfonamides is 1. The van der Waals surface area contributed by atoms with Crippen LogP contribution in [0.4, 0.5) is 0 Å². The van der Waals surface area contributed by atoms with Gasteiger partial charge in [-0.05, 0) is 42.5 Å². The minimum absolute atomic E-state index is 0.0171. The summed E-state index contributed by atoms with van der Waals surface area (Å²) in [5, 5.41) is 2.92. The monoisotopic (exact) mass is 372 g/mol. The topological polar surface area (TPSA) is 66.5 Å². The molecule has 1 atom stereocenters. The highest BCUT2D eigenvalue weighted by atomic mass is 32.2. The summed E-state index contributed by atoms with van der Waals surface area (Å²) in [6.45, 7) is 4.24. The van der Waals surface area contributed by atoms with Crippen LogP contribution in [0.5, 0.6) is 0 Å². The van der Waals surface area contributed by atoms with Gasteiger partial charge in [0.25, 0.3) is 0 Å². The van der Waals surface area contributed by atoms with E-state index in [1.54, 1.807) is 6.92 Å². The Morgan fingerprint density at radius 2 is 1.77 bits per heavy atom. The zero-order valence-corrected chi connectivity index (χ0v) is 15.9. The smallest absolute Gasteiger partial charge is 0.239 e. The lowest BCUT2D eigenvalue weighted by Gasteiger charge is -2.34. The third-order valence-corrected chi connectivity index (χ3v) is 6.77. The van der Waals surface area contributed by atoms with Crippen molar-refractivity contribution < 1.29 is 13.2 Å². The number of carbonyl (C=O) groups is 1. The summed E-state index contributed by atoms with van der Waals surface area (Å²) in [6, 6.07) is 14.8. The molecule has 0 saturated carbocycles. The van der Waals surface area contributed by atoms with Crippen LogP contribution in [-0.2, 0) is 34.3 Å². The molecule has 2 aromatic rings. The third-order valence-electron chi connectivity index (χ3n) is 4.94. The Morgan fingerprint density at radius 3 is 2.46 bits per heavy atom. The van der Waals surface area contributed by atoms with E-state index in [9.17, 15) is 13.2 Å². The Balaban J connectivity index is 1.83. The first-order valence-electron chi connectivity index (χ1n) is 8.81. The van der Waals surface area contributed by atoms with Crippen LogP contribution >= 0.6 is 0 Å². The summed E-state index contributed by atoms with van der Waals surface area (Å²) >= 11 is 0. The Labute approximate surface area is 155 Å². The standard InChI is InChI=1S/C20H24N2O3S/c1-3-26(24,25)22-14-18-11-7-6-9-16(18)12-19(22)20(23)21-13-17-10-5-4-8-15(17)2/h4-11,19H,3,12-14H2,1-2H3,(H,21,23). The van der Waals surface area contributed by atoms with E-state index >= 15 is 0 Å². The molecule has 0 radical (unpaired) electrons. The number of benzene rings is 2. The van der Waals surface area contributed by atoms with Gasteiger partial charge in [-0.3, -0.25) is 4.79 Å². The Kier molecular flexibility index (Phi) is 5.44. The van der Waals surface area contributed by atoms with Crippen LogP contribution in [0, 0.1) is 6.92 Å². The molecule has 1 aliphatic rings. The second-order valence-corrected chi connectivity index (χ2v) is 8.79. The summed E-state index contributed by atoms with van der Waals surface area (Å²) in [5.41, 5.74) is 4.13. The Bertz CT molecular complexity index is 909. The van der Waals surface area contributed by atoms with Crippen molar-refractivity contribution in [2.45, 2.75) is 39.4 Å². The molecule has 138 valence electrons. The van der Waals surface area contributed by atoms with E-state index < -0.39 is 16.1 Å². The Hall–Kier alpha value is -2.18. The van der Waals surface area contributed by atoms with Crippen LogP contribution in [0.1, 0.15) is 29.2 Å². The van der Waals surface area contributed by atoms with Crippen molar-refractivity contribution in [3.05, 3.63) is 70.8 Å². The van der Waals surface area contributed by atoms with Crippen LogP contribution in [0.2, 0.25) is 0 Å². The fourth-order valence-electron chi connectivity index (χ4n) is 3.29. The van der Waals surface area contributed by atoms with Gasteiger partial charge in [0, 0.05) is 13.1 Å². The van der Waals surface area contributed by atoms with Crippen LogP contribution in [-0.4, -0.2) is 30.4 Å². The van der Waals surface area contributed by atoms with E-state index in [4.69, 9.17) is 0 Å². The van der Waals surface area contributed by atoms with Crippen molar-refractivity contribution in [2.24, 2.45) is 0 Å². The minimum Gasteiger partial charge on any atom is -0.351 e. The van der Waals surface area contributed by atoms with E-state index in [2.05, 4.69) is 5.32 Å². The van der Waals surface area contributed by atoms with Gasteiger partial charge < -0.3 is 5.32 Å². The summed E-state index contributed by atoms with van der Waals surface area (Å²) in [6.07, 6.45) is 0.398. The number of hydrogen-bond donors (Lipinski definition) is 1. The van der Waals surface area contributed by atoms with Crippen molar-refractivity contribution in [1.82, 2.24) is 9.62 Å². The maximum Gasteiger partial charge on any atom is 0.239 e. The number of hydrogen-bond acceptors (Lipinski definition) is 3. The molecule has 5 nitrogen and oxygen atoms in total. The molecule has 0 saturated heterocycles. The van der Waals surface area contributed by atoms with Gasteiger partial charge in [-0.15, -0.1) is 0 Å². The van der Waals surface area contributed by atoms with Gasteiger partial charge in [0.15, 0.2) is 0 Å². The first kappa shape index (κ1) is 18.6. The highest BCUT2D eigenvalue weighted by Gasteiger charge is 2.37. The normalized spacial score (nSPS) is 17.5. The molecule has 0 spiro atoms. The van der Waals surface area contributed by atoms with Crippen molar-refractivity contribution in [2.75, 3.05) is 5.75 Å². The number of amides is 1. The van der Waals surface area contributed by atoms with Crippen molar-refractivity contribution in [3.63, 3.8) is 0 Å². The lowest BCUT2D eigenvalue weighted by molar-refractivity contribution is -0.125. The lowest BCUT2D eigenvalue weighted by Crippen LogP contribution is -2.52. The second kappa shape index (κ2) is 7.60. The lowest BCUT2D eigenvalue weighted by atomic mass is 9.95. The average molecular weight is 372 g/mol. The van der Waals surface area contributed by atoms with E-state index in [1.165, 1.54) is 4.31 Å². The second-order valence-electron chi connectivity index (χ2n) is 6.58. The molecular formula is C20H24N2O3S. The number of carbonyl (C=O) groups excluding carboxylic acids is 1. The maximum atomic E-state index is 12.8. The molecule has 0 bridgehead atoms.